The normalized spacial score (nSPS) is 13.0. The molecule has 0 aliphatic carbocycles. The number of aliphatic carboxylic acids is 1. The molecule has 0 saturated heterocycles. The minimum absolute atomic E-state index is 0.0377. The zero-order chi connectivity index (χ0) is 17.6. The smallest absolute Gasteiger partial charge is 0.308 e. The van der Waals surface area contributed by atoms with E-state index in [1.807, 2.05) is 41.8 Å². The van der Waals surface area contributed by atoms with Crippen LogP contribution in [0.3, 0.4) is 0 Å². The molecule has 0 radical (unpaired) electrons. The van der Waals surface area contributed by atoms with Crippen LogP contribution in [0, 0.1) is 6.92 Å². The van der Waals surface area contributed by atoms with Crippen LogP contribution in [0.1, 0.15) is 27.7 Å². The lowest BCUT2D eigenvalue weighted by molar-refractivity contribution is -0.136. The Balaban J connectivity index is 1.95. The third kappa shape index (κ3) is 2.75. The lowest BCUT2D eigenvalue weighted by Crippen LogP contribution is -2.05. The van der Waals surface area contributed by atoms with E-state index in [0.717, 1.165) is 38.4 Å². The number of fused-ring (bicyclic) bond motifs is 3. The Hall–Kier alpha value is -2.51. The fraction of sp³-hybridized carbons (Fsp3) is 0.176. The van der Waals surface area contributed by atoms with Gasteiger partial charge in [-0.3, -0.25) is 14.4 Å². The van der Waals surface area contributed by atoms with E-state index >= 15 is 0 Å². The number of aromatic nitrogens is 3. The van der Waals surface area contributed by atoms with Crippen LogP contribution in [0.2, 0.25) is 5.02 Å². The molecule has 0 bridgehead atoms. The molecule has 1 aromatic carbocycles. The zero-order valence-electron chi connectivity index (χ0n) is 13.2. The highest BCUT2D eigenvalue weighted by Gasteiger charge is 2.25. The molecule has 126 valence electrons. The summed E-state index contributed by atoms with van der Waals surface area (Å²) in [6.45, 7) is 2.26. The highest BCUT2D eigenvalue weighted by Crippen LogP contribution is 2.34. The molecule has 25 heavy (non-hydrogen) atoms. The van der Waals surface area contributed by atoms with Crippen LogP contribution in [0.15, 0.2) is 35.3 Å². The summed E-state index contributed by atoms with van der Waals surface area (Å²) in [5.74, 6) is 0.605. The monoisotopic (exact) mass is 372 g/mol. The number of hydrogen-bond acceptors (Lipinski definition) is 5. The van der Waals surface area contributed by atoms with Gasteiger partial charge in [0, 0.05) is 21.0 Å². The highest BCUT2D eigenvalue weighted by atomic mass is 35.5. The number of halogens is 1. The summed E-state index contributed by atoms with van der Waals surface area (Å²) in [5, 5.41) is 19.0. The molecule has 1 aliphatic rings. The molecule has 2 aromatic heterocycles. The van der Waals surface area contributed by atoms with Crippen molar-refractivity contribution in [3.8, 4) is 5.00 Å². The van der Waals surface area contributed by atoms with Gasteiger partial charge in [-0.25, -0.2) is 0 Å². The minimum Gasteiger partial charge on any atom is -0.481 e. The van der Waals surface area contributed by atoms with E-state index in [2.05, 4.69) is 10.2 Å². The Kier molecular flexibility index (Phi) is 3.89. The van der Waals surface area contributed by atoms with E-state index < -0.39 is 5.97 Å². The van der Waals surface area contributed by atoms with Gasteiger partial charge in [-0.1, -0.05) is 29.8 Å². The lowest BCUT2D eigenvalue weighted by atomic mass is 10.0. The van der Waals surface area contributed by atoms with Crippen LogP contribution < -0.4 is 0 Å². The van der Waals surface area contributed by atoms with Gasteiger partial charge in [-0.15, -0.1) is 21.5 Å². The van der Waals surface area contributed by atoms with E-state index in [-0.39, 0.29) is 6.42 Å². The highest BCUT2D eigenvalue weighted by molar-refractivity contribution is 7.15. The predicted molar refractivity (Wildman–Crippen MR) is 96.1 cm³/mol. The average Bonchev–Trinajstić information content (AvgIpc) is 3.08. The summed E-state index contributed by atoms with van der Waals surface area (Å²) >= 11 is 7.80. The molecule has 0 atom stereocenters. The Labute approximate surface area is 152 Å². The molecule has 1 N–H and O–H groups in total. The quantitative estimate of drug-likeness (QED) is 0.765. The van der Waals surface area contributed by atoms with Gasteiger partial charge in [-0.05, 0) is 19.1 Å². The van der Waals surface area contributed by atoms with Crippen LogP contribution in [0.4, 0.5) is 0 Å². The number of rotatable bonds is 3. The molecular weight excluding hydrogens is 360 g/mol. The first-order valence-corrected chi connectivity index (χ1v) is 8.79. The molecule has 4 rings (SSSR count). The second-order valence-corrected chi connectivity index (χ2v) is 7.17. The molecule has 1 aliphatic heterocycles. The molecule has 0 unspecified atom stereocenters. The Bertz CT molecular complexity index is 1020. The number of benzene rings is 1. The van der Waals surface area contributed by atoms with Crippen molar-refractivity contribution in [2.24, 2.45) is 4.99 Å². The summed E-state index contributed by atoms with van der Waals surface area (Å²) in [6, 6.07) is 9.39. The second kappa shape index (κ2) is 6.09. The van der Waals surface area contributed by atoms with Crippen molar-refractivity contribution in [1.29, 1.82) is 0 Å². The van der Waals surface area contributed by atoms with Crippen molar-refractivity contribution in [1.82, 2.24) is 14.8 Å². The first kappa shape index (κ1) is 16.0. The van der Waals surface area contributed by atoms with Crippen molar-refractivity contribution in [2.75, 3.05) is 0 Å². The molecule has 0 amide bonds. The Morgan fingerprint density at radius 3 is 2.88 bits per heavy atom. The van der Waals surface area contributed by atoms with E-state index in [9.17, 15) is 4.79 Å². The van der Waals surface area contributed by atoms with Gasteiger partial charge >= 0.3 is 5.97 Å². The molecule has 8 heteroatoms. The number of carboxylic acid groups (broad SMARTS) is 1. The van der Waals surface area contributed by atoms with Crippen molar-refractivity contribution >= 4 is 34.6 Å². The van der Waals surface area contributed by atoms with E-state index in [1.54, 1.807) is 0 Å². The fourth-order valence-electron chi connectivity index (χ4n) is 2.89. The average molecular weight is 373 g/mol. The number of carbonyl (C=O) groups is 1. The third-order valence-corrected chi connectivity index (χ3v) is 5.40. The molecule has 3 aromatic rings. The summed E-state index contributed by atoms with van der Waals surface area (Å²) in [7, 11) is 0. The number of aryl methyl sites for hydroxylation is 1. The minimum atomic E-state index is -0.867. The lowest BCUT2D eigenvalue weighted by Gasteiger charge is -2.08. The first-order chi connectivity index (χ1) is 12.0. The summed E-state index contributed by atoms with van der Waals surface area (Å²) in [4.78, 5) is 16.6. The zero-order valence-corrected chi connectivity index (χ0v) is 14.8. The SMILES string of the molecule is Cc1nnc2n1-c1sc(CC(=O)O)cc1C(c1ccccc1Cl)=NC2. The number of thiophene rings is 1. The predicted octanol–water partition coefficient (Wildman–Crippen LogP) is 3.27. The van der Waals surface area contributed by atoms with Gasteiger partial charge in [0.1, 0.15) is 17.4 Å². The summed E-state index contributed by atoms with van der Waals surface area (Å²) in [5.41, 5.74) is 2.43. The van der Waals surface area contributed by atoms with Crippen LogP contribution in [0.25, 0.3) is 5.00 Å². The number of hydrogen-bond donors (Lipinski definition) is 1. The van der Waals surface area contributed by atoms with E-state index in [1.165, 1.54) is 11.3 Å². The van der Waals surface area contributed by atoms with Gasteiger partial charge < -0.3 is 5.11 Å². The van der Waals surface area contributed by atoms with Gasteiger partial charge in [0.2, 0.25) is 0 Å². The molecule has 0 spiro atoms. The maximum Gasteiger partial charge on any atom is 0.308 e. The number of carboxylic acids is 1. The fourth-order valence-corrected chi connectivity index (χ4v) is 4.33. The summed E-state index contributed by atoms with van der Waals surface area (Å²) in [6.07, 6.45) is -0.0377. The number of aliphatic imine (C=N–C) groups is 1. The standard InChI is InChI=1S/C17H13ClN4O2S/c1-9-20-21-14-8-19-16(11-4-2-3-5-13(11)18)12-6-10(7-15(23)24)25-17(12)22(9)14/h2-6H,7-8H2,1H3,(H,23,24). The largest absolute Gasteiger partial charge is 0.481 e. The van der Waals surface area contributed by atoms with E-state index in [4.69, 9.17) is 21.7 Å². The summed E-state index contributed by atoms with van der Waals surface area (Å²) < 4.78 is 1.94. The van der Waals surface area contributed by atoms with Crippen LogP contribution in [0.5, 0.6) is 0 Å². The topological polar surface area (TPSA) is 80.4 Å². The van der Waals surface area contributed by atoms with E-state index in [0.29, 0.717) is 11.6 Å². The Morgan fingerprint density at radius 1 is 1.32 bits per heavy atom. The molecule has 3 heterocycles. The maximum atomic E-state index is 11.1. The third-order valence-electron chi connectivity index (χ3n) is 3.95. The van der Waals surface area contributed by atoms with Crippen molar-refractivity contribution < 1.29 is 9.90 Å². The van der Waals surface area contributed by atoms with Crippen LogP contribution >= 0.6 is 22.9 Å². The molecule has 0 saturated carbocycles. The van der Waals surface area contributed by atoms with Crippen molar-refractivity contribution in [2.45, 2.75) is 19.9 Å². The van der Waals surface area contributed by atoms with Gasteiger partial charge in [0.15, 0.2) is 5.82 Å². The van der Waals surface area contributed by atoms with Gasteiger partial charge in [-0.2, -0.15) is 0 Å². The molecule has 0 fully saturated rings. The van der Waals surface area contributed by atoms with Crippen LogP contribution in [-0.4, -0.2) is 31.6 Å². The van der Waals surface area contributed by atoms with Crippen molar-refractivity contribution in [3.63, 3.8) is 0 Å². The number of nitrogens with zero attached hydrogens (tertiary/aromatic N) is 4. The van der Waals surface area contributed by atoms with Gasteiger partial charge in [0.25, 0.3) is 0 Å². The van der Waals surface area contributed by atoms with Gasteiger partial charge in [0.05, 0.1) is 12.1 Å². The Morgan fingerprint density at radius 2 is 2.12 bits per heavy atom. The molecular formula is C17H13ClN4O2S. The molecule has 6 nitrogen and oxygen atoms in total. The first-order valence-electron chi connectivity index (χ1n) is 7.60. The maximum absolute atomic E-state index is 11.1. The van der Waals surface area contributed by atoms with Crippen molar-refractivity contribution in [3.05, 3.63) is 63.0 Å². The second-order valence-electron chi connectivity index (χ2n) is 5.65. The van der Waals surface area contributed by atoms with Crippen LogP contribution in [-0.2, 0) is 17.8 Å².